The summed E-state index contributed by atoms with van der Waals surface area (Å²) in [7, 11) is 0. The molecule has 94 valence electrons. The zero-order valence-corrected chi connectivity index (χ0v) is 10.8. The summed E-state index contributed by atoms with van der Waals surface area (Å²) in [6, 6.07) is 3.04. The molecule has 17 heavy (non-hydrogen) atoms. The Morgan fingerprint density at radius 2 is 2.18 bits per heavy atom. The number of hydrogen-bond donors (Lipinski definition) is 2. The van der Waals surface area contributed by atoms with Crippen LogP contribution in [0.3, 0.4) is 0 Å². The number of amides is 1. The molecule has 0 aliphatic rings. The van der Waals surface area contributed by atoms with Crippen LogP contribution in [0.5, 0.6) is 5.75 Å². The molecule has 0 aliphatic carbocycles. The number of ether oxygens (including phenoxy) is 1. The summed E-state index contributed by atoms with van der Waals surface area (Å²) in [4.78, 5) is 11.2. The van der Waals surface area contributed by atoms with Gasteiger partial charge in [-0.15, -0.1) is 0 Å². The number of benzene rings is 1. The lowest BCUT2D eigenvalue weighted by atomic mass is 10.2. The summed E-state index contributed by atoms with van der Waals surface area (Å²) in [5.74, 6) is 0.0345. The minimum absolute atomic E-state index is 0.151. The maximum Gasteiger partial charge on any atom is 0.257 e. The number of likely N-dealkylation sites (N-methyl/N-ethyl adjacent to an activating group) is 1. The summed E-state index contributed by atoms with van der Waals surface area (Å²) in [6.45, 7) is 1.93. The monoisotopic (exact) mass is 277 g/mol. The van der Waals surface area contributed by atoms with E-state index in [1.54, 1.807) is 6.07 Å². The second-order valence-corrected chi connectivity index (χ2v) is 4.12. The number of hydrogen-bond acceptors (Lipinski definition) is 3. The molecule has 0 bridgehead atoms. The molecular weight excluding hydrogens is 265 g/mol. The van der Waals surface area contributed by atoms with Crippen molar-refractivity contribution in [2.75, 3.05) is 13.2 Å². The van der Waals surface area contributed by atoms with Crippen molar-refractivity contribution in [3.63, 3.8) is 0 Å². The van der Waals surface area contributed by atoms with Gasteiger partial charge in [0.25, 0.3) is 5.91 Å². The Kier molecular flexibility index (Phi) is 5.55. The van der Waals surface area contributed by atoms with Gasteiger partial charge in [-0.1, -0.05) is 23.2 Å². The minimum Gasteiger partial charge on any atom is -0.482 e. The lowest BCUT2D eigenvalue weighted by Gasteiger charge is -2.12. The Bertz CT molecular complexity index is 410. The molecule has 0 radical (unpaired) electrons. The van der Waals surface area contributed by atoms with E-state index in [0.717, 1.165) is 0 Å². The third kappa shape index (κ3) is 4.07. The first kappa shape index (κ1) is 14.1. The number of nitrogens with one attached hydrogen (secondary N) is 1. The van der Waals surface area contributed by atoms with Crippen molar-refractivity contribution in [2.24, 2.45) is 0 Å². The van der Waals surface area contributed by atoms with E-state index in [9.17, 15) is 4.79 Å². The highest BCUT2D eigenvalue weighted by molar-refractivity contribution is 6.35. The molecule has 0 fully saturated rings. The molecule has 6 heteroatoms. The first-order valence-corrected chi connectivity index (χ1v) is 5.82. The molecule has 1 rings (SSSR count). The van der Waals surface area contributed by atoms with Gasteiger partial charge < -0.3 is 15.2 Å². The van der Waals surface area contributed by atoms with Crippen molar-refractivity contribution < 1.29 is 14.6 Å². The number of aliphatic hydroxyl groups is 1. The Morgan fingerprint density at radius 1 is 1.47 bits per heavy atom. The average molecular weight is 278 g/mol. The van der Waals surface area contributed by atoms with Crippen molar-refractivity contribution in [3.8, 4) is 5.75 Å². The van der Waals surface area contributed by atoms with E-state index in [0.29, 0.717) is 17.1 Å². The lowest BCUT2D eigenvalue weighted by molar-refractivity contribution is -0.123. The van der Waals surface area contributed by atoms with Crippen molar-refractivity contribution in [3.05, 3.63) is 27.7 Å². The highest BCUT2D eigenvalue weighted by Crippen LogP contribution is 2.32. The maximum atomic E-state index is 11.2. The molecule has 0 unspecified atom stereocenters. The maximum absolute atomic E-state index is 11.2. The van der Waals surface area contributed by atoms with E-state index >= 15 is 0 Å². The SMILES string of the molecule is CCNC(=O)COc1c(Cl)cc(Cl)cc1CO. The number of halogens is 2. The molecule has 0 saturated carbocycles. The van der Waals surface area contributed by atoms with Crippen LogP contribution in [0.1, 0.15) is 12.5 Å². The van der Waals surface area contributed by atoms with Crippen LogP contribution in [0, 0.1) is 0 Å². The summed E-state index contributed by atoms with van der Waals surface area (Å²) in [5.41, 5.74) is 0.451. The van der Waals surface area contributed by atoms with Crippen LogP contribution in [0.2, 0.25) is 10.0 Å². The fourth-order valence-electron chi connectivity index (χ4n) is 1.28. The Morgan fingerprint density at radius 3 is 2.76 bits per heavy atom. The van der Waals surface area contributed by atoms with Gasteiger partial charge in [0.15, 0.2) is 6.61 Å². The Labute approximate surface area is 109 Å². The van der Waals surface area contributed by atoms with Gasteiger partial charge in [-0.05, 0) is 19.1 Å². The van der Waals surface area contributed by atoms with Crippen LogP contribution in [-0.4, -0.2) is 24.2 Å². The quantitative estimate of drug-likeness (QED) is 0.866. The van der Waals surface area contributed by atoms with Crippen molar-refractivity contribution >= 4 is 29.1 Å². The van der Waals surface area contributed by atoms with E-state index in [1.807, 2.05) is 6.92 Å². The van der Waals surface area contributed by atoms with Gasteiger partial charge in [0.05, 0.1) is 11.6 Å². The van der Waals surface area contributed by atoms with Crippen molar-refractivity contribution in [2.45, 2.75) is 13.5 Å². The van der Waals surface area contributed by atoms with E-state index in [2.05, 4.69) is 5.32 Å². The second kappa shape index (κ2) is 6.69. The Hall–Kier alpha value is -0.970. The molecule has 0 aromatic heterocycles. The van der Waals surface area contributed by atoms with Gasteiger partial charge in [-0.2, -0.15) is 0 Å². The third-order valence-corrected chi connectivity index (χ3v) is 2.48. The molecular formula is C11H13Cl2NO3. The highest BCUT2D eigenvalue weighted by Gasteiger charge is 2.11. The Balaban J connectivity index is 2.79. The van der Waals surface area contributed by atoms with Gasteiger partial charge in [-0.25, -0.2) is 0 Å². The fourth-order valence-corrected chi connectivity index (χ4v) is 1.87. The van der Waals surface area contributed by atoms with Crippen LogP contribution < -0.4 is 10.1 Å². The molecule has 1 amide bonds. The van der Waals surface area contributed by atoms with Gasteiger partial charge in [0.2, 0.25) is 0 Å². The molecule has 0 aliphatic heterocycles. The summed E-state index contributed by atoms with van der Waals surface area (Å²) < 4.78 is 5.27. The number of carbonyl (C=O) groups excluding carboxylic acids is 1. The van der Waals surface area contributed by atoms with Crippen LogP contribution in [0.15, 0.2) is 12.1 Å². The highest BCUT2D eigenvalue weighted by atomic mass is 35.5. The van der Waals surface area contributed by atoms with Crippen LogP contribution >= 0.6 is 23.2 Å². The predicted molar refractivity (Wildman–Crippen MR) is 66.6 cm³/mol. The predicted octanol–water partition coefficient (Wildman–Crippen LogP) is 2.00. The minimum atomic E-state index is -0.259. The molecule has 2 N–H and O–H groups in total. The smallest absolute Gasteiger partial charge is 0.257 e. The summed E-state index contributed by atoms with van der Waals surface area (Å²) >= 11 is 11.7. The van der Waals surface area contributed by atoms with Crippen molar-refractivity contribution in [1.29, 1.82) is 0 Å². The molecule has 1 aromatic carbocycles. The second-order valence-electron chi connectivity index (χ2n) is 3.28. The molecule has 4 nitrogen and oxygen atoms in total. The fraction of sp³-hybridized carbons (Fsp3) is 0.364. The largest absolute Gasteiger partial charge is 0.482 e. The van der Waals surface area contributed by atoms with Gasteiger partial charge in [0, 0.05) is 17.1 Å². The summed E-state index contributed by atoms with van der Waals surface area (Å²) in [5, 5.41) is 12.4. The van der Waals surface area contributed by atoms with Gasteiger partial charge >= 0.3 is 0 Å². The number of aliphatic hydroxyl groups excluding tert-OH is 1. The van der Waals surface area contributed by atoms with Crippen LogP contribution in [0.4, 0.5) is 0 Å². The zero-order valence-electron chi connectivity index (χ0n) is 9.30. The average Bonchev–Trinajstić information content (AvgIpc) is 2.27. The molecule has 1 aromatic rings. The first-order chi connectivity index (χ1) is 8.08. The van der Waals surface area contributed by atoms with E-state index in [4.69, 9.17) is 33.0 Å². The number of rotatable bonds is 5. The van der Waals surface area contributed by atoms with E-state index in [-0.39, 0.29) is 29.9 Å². The molecule has 0 heterocycles. The zero-order chi connectivity index (χ0) is 12.8. The molecule has 0 spiro atoms. The number of carbonyl (C=O) groups is 1. The van der Waals surface area contributed by atoms with Gasteiger partial charge in [0.1, 0.15) is 5.75 Å². The van der Waals surface area contributed by atoms with E-state index < -0.39 is 0 Å². The van der Waals surface area contributed by atoms with Gasteiger partial charge in [-0.3, -0.25) is 4.79 Å². The third-order valence-electron chi connectivity index (χ3n) is 1.98. The topological polar surface area (TPSA) is 58.6 Å². The lowest BCUT2D eigenvalue weighted by Crippen LogP contribution is -2.28. The molecule has 0 saturated heterocycles. The van der Waals surface area contributed by atoms with E-state index in [1.165, 1.54) is 6.07 Å². The van der Waals surface area contributed by atoms with Crippen LogP contribution in [0.25, 0.3) is 0 Å². The van der Waals surface area contributed by atoms with Crippen LogP contribution in [-0.2, 0) is 11.4 Å². The normalized spacial score (nSPS) is 10.1. The standard InChI is InChI=1S/C11H13Cl2NO3/c1-2-14-10(16)6-17-11-7(5-15)3-8(12)4-9(11)13/h3-4,15H,2,5-6H2,1H3,(H,14,16). The van der Waals surface area contributed by atoms with Crippen molar-refractivity contribution in [1.82, 2.24) is 5.32 Å². The summed E-state index contributed by atoms with van der Waals surface area (Å²) in [6.07, 6.45) is 0. The first-order valence-electron chi connectivity index (χ1n) is 5.06. The molecule has 0 atom stereocenters.